The fraction of sp³-hybridized carbons (Fsp3) is 0.692. The van der Waals surface area contributed by atoms with Crippen LogP contribution in [-0.2, 0) is 11.3 Å². The molecule has 18 heavy (non-hydrogen) atoms. The number of ether oxygens (including phenoxy) is 1. The number of nitrogens with one attached hydrogen (secondary N) is 1. The van der Waals surface area contributed by atoms with Crippen LogP contribution in [0, 0.1) is 0 Å². The molecule has 1 unspecified atom stereocenters. The molecule has 1 aliphatic carbocycles. The van der Waals surface area contributed by atoms with Gasteiger partial charge in [0.25, 0.3) is 0 Å². The van der Waals surface area contributed by atoms with Crippen molar-refractivity contribution < 1.29 is 4.74 Å². The molecule has 5 heteroatoms. The molecule has 0 aromatic carbocycles. The van der Waals surface area contributed by atoms with Crippen molar-refractivity contribution in [3.63, 3.8) is 0 Å². The average molecular weight is 248 g/mol. The highest BCUT2D eigenvalue weighted by atomic mass is 16.5. The summed E-state index contributed by atoms with van der Waals surface area (Å²) in [6.45, 7) is 2.48. The van der Waals surface area contributed by atoms with Gasteiger partial charge in [0.2, 0.25) is 0 Å². The number of rotatable bonds is 5. The van der Waals surface area contributed by atoms with Gasteiger partial charge in [-0.05, 0) is 19.3 Å². The Balaban J connectivity index is 1.58. The van der Waals surface area contributed by atoms with Gasteiger partial charge in [-0.1, -0.05) is 0 Å². The molecule has 5 nitrogen and oxygen atoms in total. The number of hydrogen-bond donors (Lipinski definition) is 1. The number of anilines is 1. The van der Waals surface area contributed by atoms with Crippen molar-refractivity contribution in [2.75, 3.05) is 25.2 Å². The van der Waals surface area contributed by atoms with E-state index in [1.807, 2.05) is 12.4 Å². The van der Waals surface area contributed by atoms with Gasteiger partial charge in [0.1, 0.15) is 5.82 Å². The van der Waals surface area contributed by atoms with Crippen LogP contribution in [0.3, 0.4) is 0 Å². The van der Waals surface area contributed by atoms with Gasteiger partial charge in [-0.25, -0.2) is 4.98 Å². The second-order valence-electron chi connectivity index (χ2n) is 5.15. The third kappa shape index (κ3) is 2.79. The second kappa shape index (κ2) is 5.20. The van der Waals surface area contributed by atoms with Gasteiger partial charge in [-0.2, -0.15) is 0 Å². The standard InChI is InChI=1S/C13H20N4O/c1-17(12-4-5-18-9-12)13-8-15-11(7-16-13)6-14-10-2-3-10/h7-8,10,12,14H,2-6,9H2,1H3. The lowest BCUT2D eigenvalue weighted by Gasteiger charge is -2.23. The lowest BCUT2D eigenvalue weighted by Crippen LogP contribution is -2.32. The van der Waals surface area contributed by atoms with Crippen LogP contribution in [-0.4, -0.2) is 42.3 Å². The molecule has 1 aromatic rings. The SMILES string of the molecule is CN(c1cnc(CNC2CC2)cn1)C1CCOC1. The Morgan fingerprint density at radius 3 is 2.83 bits per heavy atom. The summed E-state index contributed by atoms with van der Waals surface area (Å²) in [6, 6.07) is 1.15. The topological polar surface area (TPSA) is 50.3 Å². The first kappa shape index (κ1) is 11.9. The molecule has 0 radical (unpaired) electrons. The predicted molar refractivity (Wildman–Crippen MR) is 69.5 cm³/mol. The second-order valence-corrected chi connectivity index (χ2v) is 5.15. The minimum Gasteiger partial charge on any atom is -0.379 e. The highest BCUT2D eigenvalue weighted by Gasteiger charge is 2.22. The maximum Gasteiger partial charge on any atom is 0.147 e. The lowest BCUT2D eigenvalue weighted by atomic mass is 10.2. The Labute approximate surface area is 108 Å². The number of likely N-dealkylation sites (N-methyl/N-ethyl adjacent to an activating group) is 1. The summed E-state index contributed by atoms with van der Waals surface area (Å²) >= 11 is 0. The maximum atomic E-state index is 5.40. The van der Waals surface area contributed by atoms with E-state index in [1.54, 1.807) is 0 Å². The van der Waals surface area contributed by atoms with E-state index >= 15 is 0 Å². The molecular formula is C13H20N4O. The lowest BCUT2D eigenvalue weighted by molar-refractivity contribution is 0.193. The fourth-order valence-corrected chi connectivity index (χ4v) is 2.17. The summed E-state index contributed by atoms with van der Waals surface area (Å²) in [7, 11) is 2.06. The van der Waals surface area contributed by atoms with Gasteiger partial charge < -0.3 is 15.0 Å². The predicted octanol–water partition coefficient (Wildman–Crippen LogP) is 0.954. The van der Waals surface area contributed by atoms with E-state index in [0.29, 0.717) is 12.1 Å². The minimum absolute atomic E-state index is 0.440. The van der Waals surface area contributed by atoms with Crippen molar-refractivity contribution in [3.05, 3.63) is 18.1 Å². The summed E-state index contributed by atoms with van der Waals surface area (Å²) < 4.78 is 5.40. The van der Waals surface area contributed by atoms with Gasteiger partial charge in [0.15, 0.2) is 0 Å². The van der Waals surface area contributed by atoms with E-state index in [2.05, 4.69) is 27.2 Å². The minimum atomic E-state index is 0.440. The van der Waals surface area contributed by atoms with Crippen LogP contribution in [0.2, 0.25) is 0 Å². The zero-order valence-corrected chi connectivity index (χ0v) is 10.8. The molecule has 1 atom stereocenters. The third-order valence-electron chi connectivity index (χ3n) is 3.66. The molecule has 3 rings (SSSR count). The summed E-state index contributed by atoms with van der Waals surface area (Å²) in [5, 5.41) is 3.44. The van der Waals surface area contributed by atoms with Crippen LogP contribution in [0.1, 0.15) is 25.0 Å². The molecule has 1 aliphatic heterocycles. The Bertz CT molecular complexity index is 384. The van der Waals surface area contributed by atoms with Crippen molar-refractivity contribution in [2.45, 2.75) is 37.9 Å². The number of aromatic nitrogens is 2. The summed E-state index contributed by atoms with van der Waals surface area (Å²) in [5.74, 6) is 0.931. The van der Waals surface area contributed by atoms with Gasteiger partial charge in [-0.3, -0.25) is 4.98 Å². The van der Waals surface area contributed by atoms with Crippen LogP contribution >= 0.6 is 0 Å². The fourth-order valence-electron chi connectivity index (χ4n) is 2.17. The van der Waals surface area contributed by atoms with Gasteiger partial charge in [0.05, 0.1) is 30.7 Å². The molecule has 1 saturated heterocycles. The smallest absolute Gasteiger partial charge is 0.147 e. The van der Waals surface area contributed by atoms with Crippen molar-refractivity contribution in [1.82, 2.24) is 15.3 Å². The molecule has 0 bridgehead atoms. The average Bonchev–Trinajstić information content (AvgIpc) is 3.08. The Morgan fingerprint density at radius 2 is 2.22 bits per heavy atom. The largest absolute Gasteiger partial charge is 0.379 e. The molecule has 2 fully saturated rings. The van der Waals surface area contributed by atoms with E-state index in [-0.39, 0.29) is 0 Å². The van der Waals surface area contributed by atoms with Crippen molar-refractivity contribution in [1.29, 1.82) is 0 Å². The molecule has 1 N–H and O–H groups in total. The van der Waals surface area contributed by atoms with E-state index in [4.69, 9.17) is 4.74 Å². The highest BCUT2D eigenvalue weighted by molar-refractivity contribution is 5.36. The number of nitrogens with zero attached hydrogens (tertiary/aromatic N) is 3. The van der Waals surface area contributed by atoms with Crippen LogP contribution in [0.4, 0.5) is 5.82 Å². The van der Waals surface area contributed by atoms with Gasteiger partial charge in [-0.15, -0.1) is 0 Å². The Morgan fingerprint density at radius 1 is 1.33 bits per heavy atom. The van der Waals surface area contributed by atoms with Crippen LogP contribution in [0.25, 0.3) is 0 Å². The van der Waals surface area contributed by atoms with E-state index in [0.717, 1.165) is 37.7 Å². The molecule has 1 saturated carbocycles. The van der Waals surface area contributed by atoms with Crippen LogP contribution in [0.5, 0.6) is 0 Å². The molecule has 0 amide bonds. The summed E-state index contributed by atoms with van der Waals surface area (Å²) in [6.07, 6.45) is 7.41. The molecule has 2 heterocycles. The monoisotopic (exact) mass is 248 g/mol. The normalized spacial score (nSPS) is 23.3. The first-order valence-electron chi connectivity index (χ1n) is 6.68. The summed E-state index contributed by atoms with van der Waals surface area (Å²) in [5.41, 5.74) is 1.02. The van der Waals surface area contributed by atoms with Crippen molar-refractivity contribution in [3.8, 4) is 0 Å². The summed E-state index contributed by atoms with van der Waals surface area (Å²) in [4.78, 5) is 11.1. The molecule has 1 aromatic heterocycles. The van der Waals surface area contributed by atoms with E-state index in [1.165, 1.54) is 12.8 Å². The molecule has 2 aliphatic rings. The van der Waals surface area contributed by atoms with Gasteiger partial charge in [0, 0.05) is 26.2 Å². The third-order valence-corrected chi connectivity index (χ3v) is 3.66. The van der Waals surface area contributed by atoms with Crippen molar-refractivity contribution in [2.24, 2.45) is 0 Å². The molecule has 98 valence electrons. The quantitative estimate of drug-likeness (QED) is 0.841. The zero-order chi connectivity index (χ0) is 12.4. The van der Waals surface area contributed by atoms with Crippen molar-refractivity contribution >= 4 is 5.82 Å². The first-order chi connectivity index (χ1) is 8.83. The highest BCUT2D eigenvalue weighted by Crippen LogP contribution is 2.19. The number of hydrogen-bond acceptors (Lipinski definition) is 5. The Kier molecular flexibility index (Phi) is 3.43. The van der Waals surface area contributed by atoms with E-state index in [9.17, 15) is 0 Å². The first-order valence-corrected chi connectivity index (χ1v) is 6.68. The zero-order valence-electron chi connectivity index (χ0n) is 10.8. The van der Waals surface area contributed by atoms with Crippen LogP contribution < -0.4 is 10.2 Å². The Hall–Kier alpha value is -1.20. The molecule has 0 spiro atoms. The molecular weight excluding hydrogens is 228 g/mol. The van der Waals surface area contributed by atoms with Crippen LogP contribution in [0.15, 0.2) is 12.4 Å². The van der Waals surface area contributed by atoms with E-state index < -0.39 is 0 Å². The maximum absolute atomic E-state index is 5.40. The van der Waals surface area contributed by atoms with Gasteiger partial charge >= 0.3 is 0 Å².